The lowest BCUT2D eigenvalue weighted by atomic mass is 9.95. The first-order valence-electron chi connectivity index (χ1n) is 6.44. The third-order valence-electron chi connectivity index (χ3n) is 3.09. The van der Waals surface area contributed by atoms with Crippen molar-refractivity contribution in [3.63, 3.8) is 0 Å². The Morgan fingerprint density at radius 2 is 1.90 bits per heavy atom. The van der Waals surface area contributed by atoms with Gasteiger partial charge in [-0.3, -0.25) is 4.98 Å². The number of aromatic nitrogens is 1. The molecule has 0 spiro atoms. The van der Waals surface area contributed by atoms with Gasteiger partial charge in [-0.25, -0.2) is 0 Å². The Balaban J connectivity index is 2.57. The maximum atomic E-state index is 13.2. The van der Waals surface area contributed by atoms with Gasteiger partial charge in [0, 0.05) is 23.0 Å². The number of hydrogen-bond donors (Lipinski definition) is 1. The van der Waals surface area contributed by atoms with E-state index in [9.17, 15) is 13.2 Å². The van der Waals surface area contributed by atoms with Crippen LogP contribution >= 0.6 is 11.6 Å². The standard InChI is InChI=1S/C15H14ClF3N2/c1-2-21-14(10-5-3-4-6-13(10)16)11-9-20-8-7-12(11)15(17,18)19/h3-9,14,21H,2H2,1H3. The highest BCUT2D eigenvalue weighted by Crippen LogP contribution is 2.37. The number of halogens is 4. The number of nitrogens with one attached hydrogen (secondary N) is 1. The fraction of sp³-hybridized carbons (Fsp3) is 0.267. The molecule has 0 radical (unpaired) electrons. The number of rotatable bonds is 4. The van der Waals surface area contributed by atoms with Gasteiger partial charge in [-0.2, -0.15) is 13.2 Å². The largest absolute Gasteiger partial charge is 0.416 e. The molecular weight excluding hydrogens is 301 g/mol. The van der Waals surface area contributed by atoms with Crippen LogP contribution in [0.1, 0.15) is 29.7 Å². The average Bonchev–Trinajstić information content (AvgIpc) is 2.45. The van der Waals surface area contributed by atoms with Crippen LogP contribution in [0, 0.1) is 0 Å². The van der Waals surface area contributed by atoms with E-state index in [1.807, 2.05) is 6.92 Å². The SMILES string of the molecule is CCNC(c1ccccc1Cl)c1cnccc1C(F)(F)F. The average molecular weight is 315 g/mol. The quantitative estimate of drug-likeness (QED) is 0.901. The van der Waals surface area contributed by atoms with Crippen molar-refractivity contribution in [1.29, 1.82) is 0 Å². The van der Waals surface area contributed by atoms with Crippen LogP contribution in [0.25, 0.3) is 0 Å². The summed E-state index contributed by atoms with van der Waals surface area (Å²) in [6, 6.07) is 7.18. The molecule has 112 valence electrons. The van der Waals surface area contributed by atoms with Crippen LogP contribution in [0.3, 0.4) is 0 Å². The molecule has 0 bridgehead atoms. The number of benzene rings is 1. The highest BCUT2D eigenvalue weighted by Gasteiger charge is 2.35. The van der Waals surface area contributed by atoms with E-state index in [0.29, 0.717) is 17.1 Å². The number of alkyl halides is 3. The number of hydrogen-bond acceptors (Lipinski definition) is 2. The summed E-state index contributed by atoms with van der Waals surface area (Å²) in [7, 11) is 0. The molecule has 0 aliphatic carbocycles. The van der Waals surface area contributed by atoms with Crippen molar-refractivity contribution in [3.8, 4) is 0 Å². The van der Waals surface area contributed by atoms with Crippen molar-refractivity contribution in [2.45, 2.75) is 19.1 Å². The molecule has 1 heterocycles. The molecule has 2 nitrogen and oxygen atoms in total. The van der Waals surface area contributed by atoms with E-state index in [1.54, 1.807) is 24.3 Å². The third-order valence-corrected chi connectivity index (χ3v) is 3.44. The van der Waals surface area contributed by atoms with E-state index in [-0.39, 0.29) is 5.56 Å². The minimum absolute atomic E-state index is 0.0694. The Morgan fingerprint density at radius 1 is 1.19 bits per heavy atom. The molecule has 0 fully saturated rings. The molecule has 6 heteroatoms. The number of pyridine rings is 1. The summed E-state index contributed by atoms with van der Waals surface area (Å²) in [5, 5.41) is 3.46. The lowest BCUT2D eigenvalue weighted by Crippen LogP contribution is -2.25. The Bertz CT molecular complexity index is 614. The predicted molar refractivity (Wildman–Crippen MR) is 76.2 cm³/mol. The van der Waals surface area contributed by atoms with Crippen molar-refractivity contribution >= 4 is 11.6 Å². The first-order chi connectivity index (χ1) is 9.95. The molecule has 2 aromatic rings. The van der Waals surface area contributed by atoms with Crippen LogP contribution in [0.4, 0.5) is 13.2 Å². The third kappa shape index (κ3) is 3.54. The number of nitrogens with zero attached hydrogens (tertiary/aromatic N) is 1. The van der Waals surface area contributed by atoms with Crippen molar-refractivity contribution in [2.24, 2.45) is 0 Å². The predicted octanol–water partition coefficient (Wildman–Crippen LogP) is 4.45. The molecule has 0 aliphatic heterocycles. The van der Waals surface area contributed by atoms with Crippen molar-refractivity contribution in [2.75, 3.05) is 6.54 Å². The van der Waals surface area contributed by atoms with E-state index in [1.165, 1.54) is 6.20 Å². The summed E-state index contributed by atoms with van der Waals surface area (Å²) >= 11 is 6.13. The van der Waals surface area contributed by atoms with Gasteiger partial charge >= 0.3 is 6.18 Å². The molecule has 0 amide bonds. The second kappa shape index (κ2) is 6.45. The van der Waals surface area contributed by atoms with Crippen molar-refractivity contribution in [3.05, 3.63) is 64.4 Å². The monoisotopic (exact) mass is 314 g/mol. The molecule has 1 aromatic heterocycles. The van der Waals surface area contributed by atoms with Gasteiger partial charge in [0.25, 0.3) is 0 Å². The topological polar surface area (TPSA) is 24.9 Å². The highest BCUT2D eigenvalue weighted by atomic mass is 35.5. The summed E-state index contributed by atoms with van der Waals surface area (Å²) in [5.41, 5.74) is -0.0390. The Hall–Kier alpha value is -1.59. The Kier molecular flexibility index (Phi) is 4.85. The zero-order valence-corrected chi connectivity index (χ0v) is 12.0. The lowest BCUT2D eigenvalue weighted by Gasteiger charge is -2.23. The minimum atomic E-state index is -4.44. The molecule has 1 aromatic carbocycles. The zero-order chi connectivity index (χ0) is 15.5. The summed E-state index contributed by atoms with van der Waals surface area (Å²) < 4.78 is 39.5. The molecule has 21 heavy (non-hydrogen) atoms. The highest BCUT2D eigenvalue weighted by molar-refractivity contribution is 6.31. The van der Waals surface area contributed by atoms with Crippen LogP contribution < -0.4 is 5.32 Å². The lowest BCUT2D eigenvalue weighted by molar-refractivity contribution is -0.138. The first kappa shape index (κ1) is 15.8. The summed E-state index contributed by atoms with van der Waals surface area (Å²) in [6.07, 6.45) is -2.06. The maximum Gasteiger partial charge on any atom is 0.416 e. The van der Waals surface area contributed by atoms with Crippen molar-refractivity contribution < 1.29 is 13.2 Å². The summed E-state index contributed by atoms with van der Waals surface area (Å²) in [6.45, 7) is 2.33. The van der Waals surface area contributed by atoms with Gasteiger partial charge in [-0.15, -0.1) is 0 Å². The van der Waals surface area contributed by atoms with Crippen molar-refractivity contribution in [1.82, 2.24) is 10.3 Å². The van der Waals surface area contributed by atoms with E-state index in [4.69, 9.17) is 11.6 Å². The summed E-state index contributed by atoms with van der Waals surface area (Å²) in [5.74, 6) is 0. The van der Waals surface area contributed by atoms with E-state index in [2.05, 4.69) is 10.3 Å². The van der Waals surface area contributed by atoms with Gasteiger partial charge in [0.15, 0.2) is 0 Å². The van der Waals surface area contributed by atoms with Gasteiger partial charge in [-0.05, 0) is 24.2 Å². The zero-order valence-electron chi connectivity index (χ0n) is 11.3. The molecule has 0 aliphatic rings. The molecular formula is C15H14ClF3N2. The normalized spacial score (nSPS) is 13.2. The van der Waals surface area contributed by atoms with Crippen LogP contribution in [-0.2, 0) is 6.18 Å². The molecule has 2 rings (SSSR count). The molecule has 0 saturated carbocycles. The Morgan fingerprint density at radius 3 is 2.52 bits per heavy atom. The van der Waals surface area contributed by atoms with Crippen LogP contribution in [-0.4, -0.2) is 11.5 Å². The smallest absolute Gasteiger partial charge is 0.306 e. The first-order valence-corrected chi connectivity index (χ1v) is 6.82. The second-order valence-corrected chi connectivity index (χ2v) is 4.88. The maximum absolute atomic E-state index is 13.2. The van der Waals surface area contributed by atoms with Gasteiger partial charge in [0.2, 0.25) is 0 Å². The van der Waals surface area contributed by atoms with Gasteiger partial charge in [0.05, 0.1) is 11.6 Å². The van der Waals surface area contributed by atoms with Gasteiger partial charge < -0.3 is 5.32 Å². The van der Waals surface area contributed by atoms with Crippen LogP contribution in [0.5, 0.6) is 0 Å². The van der Waals surface area contributed by atoms with E-state index >= 15 is 0 Å². The van der Waals surface area contributed by atoms with Crippen LogP contribution in [0.15, 0.2) is 42.7 Å². The molecule has 0 saturated heterocycles. The van der Waals surface area contributed by atoms with E-state index in [0.717, 1.165) is 12.3 Å². The second-order valence-electron chi connectivity index (χ2n) is 4.47. The summed E-state index contributed by atoms with van der Waals surface area (Å²) in [4.78, 5) is 3.83. The molecule has 1 unspecified atom stereocenters. The molecule has 1 atom stereocenters. The fourth-order valence-electron chi connectivity index (χ4n) is 2.20. The fourth-order valence-corrected chi connectivity index (χ4v) is 2.44. The minimum Gasteiger partial charge on any atom is -0.306 e. The Labute approximate surface area is 126 Å². The van der Waals surface area contributed by atoms with Gasteiger partial charge in [-0.1, -0.05) is 36.7 Å². The molecule has 1 N–H and O–H groups in total. The van der Waals surface area contributed by atoms with Crippen LogP contribution in [0.2, 0.25) is 5.02 Å². The van der Waals surface area contributed by atoms with E-state index < -0.39 is 17.8 Å². The van der Waals surface area contributed by atoms with Gasteiger partial charge in [0.1, 0.15) is 0 Å².